The van der Waals surface area contributed by atoms with Gasteiger partial charge in [-0.1, -0.05) is 6.07 Å². The van der Waals surface area contributed by atoms with E-state index in [0.29, 0.717) is 22.7 Å². The molecule has 82 valence electrons. The molecule has 1 aromatic rings. The second kappa shape index (κ2) is 4.06. The number of nitrogens with two attached hydrogens (primary N) is 1. The molecule has 16 heavy (non-hydrogen) atoms. The molecule has 0 saturated heterocycles. The van der Waals surface area contributed by atoms with Crippen LogP contribution in [-0.4, -0.2) is 18.9 Å². The van der Waals surface area contributed by atoms with Crippen molar-refractivity contribution >= 4 is 17.5 Å². The average Bonchev–Trinajstić information content (AvgIpc) is 2.49. The Bertz CT molecular complexity index is 492. The van der Waals surface area contributed by atoms with E-state index in [9.17, 15) is 4.79 Å². The van der Waals surface area contributed by atoms with Crippen LogP contribution in [0.2, 0.25) is 0 Å². The maximum absolute atomic E-state index is 11.3. The topological polar surface area (TPSA) is 76.7 Å². The summed E-state index contributed by atoms with van der Waals surface area (Å²) in [7, 11) is 1.53. The Morgan fingerprint density at radius 2 is 2.31 bits per heavy atom. The Labute approximate surface area is 92.6 Å². The highest BCUT2D eigenvalue weighted by Gasteiger charge is 2.16. The number of methoxy groups -OCH3 is 1. The van der Waals surface area contributed by atoms with Gasteiger partial charge in [0.2, 0.25) is 5.90 Å². The molecule has 0 atom stereocenters. The number of aliphatic imine (C=N–C) groups is 1. The lowest BCUT2D eigenvalue weighted by atomic mass is 10.1. The first-order valence-corrected chi connectivity index (χ1v) is 4.70. The number of hydrogen-bond acceptors (Lipinski definition) is 4. The van der Waals surface area contributed by atoms with Crippen molar-refractivity contribution < 1.29 is 9.53 Å². The van der Waals surface area contributed by atoms with Gasteiger partial charge in [-0.2, -0.15) is 0 Å². The van der Waals surface area contributed by atoms with Crippen LogP contribution in [0.25, 0.3) is 0 Å². The maximum atomic E-state index is 11.3. The molecule has 1 aliphatic rings. The second-order valence-electron chi connectivity index (χ2n) is 3.19. The van der Waals surface area contributed by atoms with Crippen molar-refractivity contribution in [3.8, 4) is 0 Å². The number of amides is 1. The predicted molar refractivity (Wildman–Crippen MR) is 61.3 cm³/mol. The number of anilines is 1. The van der Waals surface area contributed by atoms with E-state index in [1.165, 1.54) is 7.11 Å². The molecule has 0 aromatic heterocycles. The molecule has 0 aliphatic carbocycles. The van der Waals surface area contributed by atoms with E-state index in [0.717, 1.165) is 0 Å². The van der Waals surface area contributed by atoms with E-state index in [2.05, 4.69) is 10.3 Å². The SMILES string of the molecule is COC1=NC=CNc2c(C(N)=O)cccc21. The summed E-state index contributed by atoms with van der Waals surface area (Å²) >= 11 is 0. The van der Waals surface area contributed by atoms with Gasteiger partial charge in [-0.05, 0) is 12.1 Å². The standard InChI is InChI=1S/C11H11N3O2/c1-16-11-8-4-2-3-7(10(12)15)9(8)13-5-6-14-11/h2-6,13H,1H3,(H2,12,15). The normalized spacial score (nSPS) is 13.2. The first-order chi connectivity index (χ1) is 7.74. The predicted octanol–water partition coefficient (Wildman–Crippen LogP) is 1.08. The van der Waals surface area contributed by atoms with Crippen LogP contribution in [0.5, 0.6) is 0 Å². The van der Waals surface area contributed by atoms with Gasteiger partial charge in [0.15, 0.2) is 0 Å². The molecule has 5 heteroatoms. The van der Waals surface area contributed by atoms with Crippen LogP contribution in [0.15, 0.2) is 35.6 Å². The highest BCUT2D eigenvalue weighted by Crippen LogP contribution is 2.23. The molecule has 0 fully saturated rings. The molecule has 0 unspecified atom stereocenters. The summed E-state index contributed by atoms with van der Waals surface area (Å²) in [6.07, 6.45) is 3.18. The number of primary amides is 1. The summed E-state index contributed by atoms with van der Waals surface area (Å²) in [4.78, 5) is 15.3. The molecule has 0 bridgehead atoms. The van der Waals surface area contributed by atoms with Gasteiger partial charge < -0.3 is 15.8 Å². The lowest BCUT2D eigenvalue weighted by molar-refractivity contribution is 0.100. The summed E-state index contributed by atoms with van der Waals surface area (Å²) in [6.45, 7) is 0. The largest absolute Gasteiger partial charge is 0.481 e. The fourth-order valence-corrected chi connectivity index (χ4v) is 1.55. The van der Waals surface area contributed by atoms with E-state index in [4.69, 9.17) is 10.5 Å². The van der Waals surface area contributed by atoms with Crippen LogP contribution >= 0.6 is 0 Å². The number of benzene rings is 1. The number of carbonyl (C=O) groups excluding carboxylic acids is 1. The van der Waals surface area contributed by atoms with Gasteiger partial charge in [-0.3, -0.25) is 4.79 Å². The summed E-state index contributed by atoms with van der Waals surface area (Å²) in [5.74, 6) is -0.0468. The van der Waals surface area contributed by atoms with Gasteiger partial charge in [-0.15, -0.1) is 0 Å². The van der Waals surface area contributed by atoms with Gasteiger partial charge in [0.25, 0.3) is 5.91 Å². The van der Waals surface area contributed by atoms with E-state index < -0.39 is 5.91 Å². The average molecular weight is 217 g/mol. The zero-order chi connectivity index (χ0) is 11.5. The van der Waals surface area contributed by atoms with Crippen molar-refractivity contribution in [2.75, 3.05) is 12.4 Å². The third-order valence-corrected chi connectivity index (χ3v) is 2.25. The van der Waals surface area contributed by atoms with Gasteiger partial charge in [0, 0.05) is 12.4 Å². The molecular formula is C11H11N3O2. The van der Waals surface area contributed by atoms with Crippen molar-refractivity contribution in [3.05, 3.63) is 41.7 Å². The Morgan fingerprint density at radius 1 is 1.50 bits per heavy atom. The van der Waals surface area contributed by atoms with Crippen LogP contribution < -0.4 is 11.1 Å². The van der Waals surface area contributed by atoms with Gasteiger partial charge in [-0.25, -0.2) is 4.99 Å². The van der Waals surface area contributed by atoms with Crippen molar-refractivity contribution in [2.45, 2.75) is 0 Å². The fraction of sp³-hybridized carbons (Fsp3) is 0.0909. The molecule has 1 aromatic carbocycles. The highest BCUT2D eigenvalue weighted by molar-refractivity contribution is 6.08. The molecule has 1 heterocycles. The first kappa shape index (κ1) is 10.2. The van der Waals surface area contributed by atoms with Gasteiger partial charge >= 0.3 is 0 Å². The summed E-state index contributed by atoms with van der Waals surface area (Å²) in [5.41, 5.74) is 7.03. The van der Waals surface area contributed by atoms with Crippen LogP contribution in [0.1, 0.15) is 15.9 Å². The van der Waals surface area contributed by atoms with Crippen molar-refractivity contribution in [1.29, 1.82) is 0 Å². The Kier molecular flexibility index (Phi) is 2.59. The molecule has 1 amide bonds. The molecular weight excluding hydrogens is 206 g/mol. The lowest BCUT2D eigenvalue weighted by Gasteiger charge is -2.11. The van der Waals surface area contributed by atoms with E-state index in [1.54, 1.807) is 24.5 Å². The number of nitrogens with one attached hydrogen (secondary N) is 1. The minimum atomic E-state index is -0.491. The quantitative estimate of drug-likeness (QED) is 0.738. The van der Waals surface area contributed by atoms with Crippen LogP contribution in [0.3, 0.4) is 0 Å². The van der Waals surface area contributed by atoms with Crippen molar-refractivity contribution in [2.24, 2.45) is 10.7 Å². The smallest absolute Gasteiger partial charge is 0.250 e. The van der Waals surface area contributed by atoms with Crippen LogP contribution in [0, 0.1) is 0 Å². The van der Waals surface area contributed by atoms with E-state index in [1.807, 2.05) is 6.07 Å². The fourth-order valence-electron chi connectivity index (χ4n) is 1.55. The lowest BCUT2D eigenvalue weighted by Crippen LogP contribution is -2.15. The Morgan fingerprint density at radius 3 is 3.00 bits per heavy atom. The van der Waals surface area contributed by atoms with Crippen LogP contribution in [0.4, 0.5) is 5.69 Å². The Balaban J connectivity index is 2.63. The van der Waals surface area contributed by atoms with Crippen LogP contribution in [-0.2, 0) is 4.74 Å². The molecule has 0 saturated carbocycles. The minimum Gasteiger partial charge on any atom is -0.481 e. The summed E-state index contributed by atoms with van der Waals surface area (Å²) in [5, 5.41) is 2.96. The molecule has 0 radical (unpaired) electrons. The number of fused-ring (bicyclic) bond motifs is 1. The number of para-hydroxylation sites is 1. The number of carbonyl (C=O) groups is 1. The minimum absolute atomic E-state index is 0.411. The number of ether oxygens (including phenoxy) is 1. The zero-order valence-electron chi connectivity index (χ0n) is 8.73. The van der Waals surface area contributed by atoms with Gasteiger partial charge in [0.1, 0.15) is 0 Å². The first-order valence-electron chi connectivity index (χ1n) is 4.70. The monoisotopic (exact) mass is 217 g/mol. The number of rotatable bonds is 1. The zero-order valence-corrected chi connectivity index (χ0v) is 8.73. The number of nitrogens with zero attached hydrogens (tertiary/aromatic N) is 1. The maximum Gasteiger partial charge on any atom is 0.250 e. The van der Waals surface area contributed by atoms with Gasteiger partial charge in [0.05, 0.1) is 23.9 Å². The third kappa shape index (κ3) is 1.63. The molecule has 2 rings (SSSR count). The third-order valence-electron chi connectivity index (χ3n) is 2.25. The molecule has 3 N–H and O–H groups in total. The second-order valence-corrected chi connectivity index (χ2v) is 3.19. The summed E-state index contributed by atoms with van der Waals surface area (Å²) in [6, 6.07) is 5.20. The van der Waals surface area contributed by atoms with E-state index >= 15 is 0 Å². The Hall–Kier alpha value is -2.30. The van der Waals surface area contributed by atoms with Crippen molar-refractivity contribution in [3.63, 3.8) is 0 Å². The molecule has 5 nitrogen and oxygen atoms in total. The van der Waals surface area contributed by atoms with E-state index in [-0.39, 0.29) is 0 Å². The number of hydrogen-bond donors (Lipinski definition) is 2. The summed E-state index contributed by atoms with van der Waals surface area (Å²) < 4.78 is 5.14. The highest BCUT2D eigenvalue weighted by atomic mass is 16.5. The molecule has 1 aliphatic heterocycles. The van der Waals surface area contributed by atoms with Crippen molar-refractivity contribution in [1.82, 2.24) is 0 Å². The molecule has 0 spiro atoms.